The first-order valence-corrected chi connectivity index (χ1v) is 9.83. The van der Waals surface area contributed by atoms with Gasteiger partial charge in [0.15, 0.2) is 0 Å². The number of aliphatic hydroxyl groups is 1. The Balaban J connectivity index is 1.55. The van der Waals surface area contributed by atoms with Crippen LogP contribution in [0.3, 0.4) is 0 Å². The molecule has 2 saturated heterocycles. The van der Waals surface area contributed by atoms with Crippen LogP contribution in [-0.2, 0) is 9.47 Å². The molecule has 2 fully saturated rings. The molecule has 7 nitrogen and oxygen atoms in total. The van der Waals surface area contributed by atoms with E-state index < -0.39 is 5.60 Å². The van der Waals surface area contributed by atoms with Crippen LogP contribution in [0.15, 0.2) is 24.3 Å². The van der Waals surface area contributed by atoms with Crippen LogP contribution in [-0.4, -0.2) is 85.2 Å². The van der Waals surface area contributed by atoms with Crippen molar-refractivity contribution in [2.24, 2.45) is 0 Å². The first-order chi connectivity index (χ1) is 13.5. The SMILES string of the molecule is CCOC(=O)N1CCC(N2CCOC[C@](O)(COc3cccc(F)c3)C2)CC1. The number of halogens is 1. The predicted molar refractivity (Wildman–Crippen MR) is 101 cm³/mol. The molecule has 0 spiro atoms. The Bertz CT molecular complexity index is 653. The molecule has 2 aliphatic heterocycles. The molecular weight excluding hydrogens is 367 g/mol. The van der Waals surface area contributed by atoms with Gasteiger partial charge in [-0.25, -0.2) is 9.18 Å². The van der Waals surface area contributed by atoms with E-state index in [0.29, 0.717) is 45.1 Å². The summed E-state index contributed by atoms with van der Waals surface area (Å²) >= 11 is 0. The molecule has 1 amide bonds. The van der Waals surface area contributed by atoms with Crippen molar-refractivity contribution in [1.29, 1.82) is 0 Å². The molecule has 156 valence electrons. The van der Waals surface area contributed by atoms with Gasteiger partial charge in [-0.05, 0) is 31.9 Å². The van der Waals surface area contributed by atoms with Crippen molar-refractivity contribution >= 4 is 6.09 Å². The first-order valence-electron chi connectivity index (χ1n) is 9.83. The van der Waals surface area contributed by atoms with Crippen LogP contribution >= 0.6 is 0 Å². The second-order valence-corrected chi connectivity index (χ2v) is 7.41. The van der Waals surface area contributed by atoms with Gasteiger partial charge in [0.1, 0.15) is 23.8 Å². The topological polar surface area (TPSA) is 71.5 Å². The highest BCUT2D eigenvalue weighted by Crippen LogP contribution is 2.23. The molecule has 0 aliphatic carbocycles. The largest absolute Gasteiger partial charge is 0.490 e. The Labute approximate surface area is 165 Å². The maximum absolute atomic E-state index is 13.3. The second-order valence-electron chi connectivity index (χ2n) is 7.41. The van der Waals surface area contributed by atoms with Crippen LogP contribution in [0, 0.1) is 5.82 Å². The average molecular weight is 396 g/mol. The zero-order chi connectivity index (χ0) is 20.0. The van der Waals surface area contributed by atoms with Crippen molar-refractivity contribution in [3.8, 4) is 5.75 Å². The molecule has 1 N–H and O–H groups in total. The molecule has 3 rings (SSSR count). The summed E-state index contributed by atoms with van der Waals surface area (Å²) in [5, 5.41) is 11.0. The van der Waals surface area contributed by atoms with Crippen molar-refractivity contribution in [2.75, 3.05) is 52.6 Å². The van der Waals surface area contributed by atoms with E-state index in [1.165, 1.54) is 12.1 Å². The zero-order valence-electron chi connectivity index (χ0n) is 16.3. The lowest BCUT2D eigenvalue weighted by Crippen LogP contribution is -2.54. The van der Waals surface area contributed by atoms with E-state index in [1.807, 2.05) is 0 Å². The number of nitrogens with zero attached hydrogens (tertiary/aromatic N) is 2. The Kier molecular flexibility index (Phi) is 7.09. The monoisotopic (exact) mass is 396 g/mol. The van der Waals surface area contributed by atoms with Gasteiger partial charge in [0.05, 0.1) is 19.8 Å². The molecule has 8 heteroatoms. The van der Waals surface area contributed by atoms with Gasteiger partial charge in [-0.3, -0.25) is 4.90 Å². The zero-order valence-corrected chi connectivity index (χ0v) is 16.3. The van der Waals surface area contributed by atoms with E-state index in [4.69, 9.17) is 14.2 Å². The number of piperidine rings is 1. The van der Waals surface area contributed by atoms with Gasteiger partial charge >= 0.3 is 6.09 Å². The van der Waals surface area contributed by atoms with E-state index >= 15 is 0 Å². The maximum atomic E-state index is 13.3. The van der Waals surface area contributed by atoms with E-state index in [-0.39, 0.29) is 31.2 Å². The van der Waals surface area contributed by atoms with Crippen LogP contribution in [0.4, 0.5) is 9.18 Å². The lowest BCUT2D eigenvalue weighted by molar-refractivity contribution is -0.0689. The molecule has 1 atom stereocenters. The average Bonchev–Trinajstić information content (AvgIpc) is 2.89. The fourth-order valence-corrected chi connectivity index (χ4v) is 3.75. The number of amides is 1. The van der Waals surface area contributed by atoms with Crippen LogP contribution in [0.5, 0.6) is 5.75 Å². The van der Waals surface area contributed by atoms with Crippen molar-refractivity contribution in [3.05, 3.63) is 30.1 Å². The van der Waals surface area contributed by atoms with Crippen molar-refractivity contribution in [3.63, 3.8) is 0 Å². The number of hydrogen-bond donors (Lipinski definition) is 1. The minimum atomic E-state index is -1.18. The van der Waals surface area contributed by atoms with Crippen molar-refractivity contribution in [2.45, 2.75) is 31.4 Å². The highest BCUT2D eigenvalue weighted by Gasteiger charge is 2.37. The van der Waals surface area contributed by atoms with E-state index in [1.54, 1.807) is 24.0 Å². The molecule has 0 unspecified atom stereocenters. The van der Waals surface area contributed by atoms with Gasteiger partial charge in [0, 0.05) is 38.3 Å². The van der Waals surface area contributed by atoms with Crippen LogP contribution in [0.1, 0.15) is 19.8 Å². The van der Waals surface area contributed by atoms with Gasteiger partial charge in [-0.15, -0.1) is 0 Å². The highest BCUT2D eigenvalue weighted by molar-refractivity contribution is 5.67. The minimum absolute atomic E-state index is 0.0224. The third-order valence-corrected chi connectivity index (χ3v) is 5.20. The third-order valence-electron chi connectivity index (χ3n) is 5.20. The first kappa shape index (κ1) is 20.8. The Morgan fingerprint density at radius 2 is 2.14 bits per heavy atom. The Morgan fingerprint density at radius 3 is 2.86 bits per heavy atom. The van der Waals surface area contributed by atoms with Crippen LogP contribution < -0.4 is 4.74 Å². The number of carbonyl (C=O) groups excluding carboxylic acids is 1. The summed E-state index contributed by atoms with van der Waals surface area (Å²) in [4.78, 5) is 15.8. The Hall–Kier alpha value is -1.90. The molecule has 1 aromatic carbocycles. The lowest BCUT2D eigenvalue weighted by atomic mass is 10.00. The fraction of sp³-hybridized carbons (Fsp3) is 0.650. The summed E-state index contributed by atoms with van der Waals surface area (Å²) in [7, 11) is 0. The molecular formula is C20H29FN2O5. The van der Waals surface area contributed by atoms with Gasteiger partial charge in [0.2, 0.25) is 0 Å². The maximum Gasteiger partial charge on any atom is 0.409 e. The summed E-state index contributed by atoms with van der Waals surface area (Å²) in [5.41, 5.74) is -1.18. The molecule has 0 bridgehead atoms. The van der Waals surface area contributed by atoms with Gasteiger partial charge in [0.25, 0.3) is 0 Å². The molecule has 0 aromatic heterocycles. The summed E-state index contributed by atoms with van der Waals surface area (Å²) < 4.78 is 29.6. The molecule has 2 heterocycles. The summed E-state index contributed by atoms with van der Waals surface area (Å²) in [6, 6.07) is 6.13. The normalized spacial score (nSPS) is 24.6. The van der Waals surface area contributed by atoms with Crippen LogP contribution in [0.2, 0.25) is 0 Å². The molecule has 28 heavy (non-hydrogen) atoms. The fourth-order valence-electron chi connectivity index (χ4n) is 3.75. The molecule has 0 saturated carbocycles. The predicted octanol–water partition coefficient (Wildman–Crippen LogP) is 1.89. The van der Waals surface area contributed by atoms with E-state index in [9.17, 15) is 14.3 Å². The quantitative estimate of drug-likeness (QED) is 0.820. The smallest absolute Gasteiger partial charge is 0.409 e. The number of carbonyl (C=O) groups is 1. The highest BCUT2D eigenvalue weighted by atomic mass is 19.1. The number of ether oxygens (including phenoxy) is 3. The Morgan fingerprint density at radius 1 is 1.36 bits per heavy atom. The van der Waals surface area contributed by atoms with Crippen LogP contribution in [0.25, 0.3) is 0 Å². The van der Waals surface area contributed by atoms with Crippen molar-refractivity contribution in [1.82, 2.24) is 9.80 Å². The van der Waals surface area contributed by atoms with Gasteiger partial charge < -0.3 is 24.2 Å². The lowest BCUT2D eigenvalue weighted by Gasteiger charge is -2.39. The van der Waals surface area contributed by atoms with E-state index in [2.05, 4.69) is 4.90 Å². The van der Waals surface area contributed by atoms with E-state index in [0.717, 1.165) is 12.8 Å². The number of rotatable bonds is 5. The minimum Gasteiger partial charge on any atom is -0.490 e. The second kappa shape index (κ2) is 9.54. The summed E-state index contributed by atoms with van der Waals surface area (Å²) in [6.45, 7) is 5.29. The van der Waals surface area contributed by atoms with Crippen molar-refractivity contribution < 1.29 is 28.5 Å². The molecule has 1 aromatic rings. The number of hydrogen-bond acceptors (Lipinski definition) is 6. The van der Waals surface area contributed by atoms with Gasteiger partial charge in [-0.2, -0.15) is 0 Å². The number of β-amino-alcohol motifs (C(OH)–C–C–N with tert-alkyl or cyclic N) is 1. The summed E-state index contributed by atoms with van der Waals surface area (Å²) in [5.74, 6) is 0.00330. The molecule has 2 aliphatic rings. The standard InChI is InChI=1S/C20H29FN2O5/c1-2-27-19(24)22-8-6-17(7-9-22)23-10-11-26-14-20(25,13-23)15-28-18-5-3-4-16(21)12-18/h3-5,12,17,25H,2,6-11,13-15H2,1H3/t20-/m0/s1. The number of benzene rings is 1. The third kappa shape index (κ3) is 5.56. The number of likely N-dealkylation sites (tertiary alicyclic amines) is 1. The summed E-state index contributed by atoms with van der Waals surface area (Å²) in [6.07, 6.45) is 1.37. The van der Waals surface area contributed by atoms with Gasteiger partial charge in [-0.1, -0.05) is 6.07 Å². The molecule has 0 radical (unpaired) electrons.